The fourth-order valence-electron chi connectivity index (χ4n) is 8.66. The highest BCUT2D eigenvalue weighted by Gasteiger charge is 2.47. The van der Waals surface area contributed by atoms with Crippen molar-refractivity contribution in [3.8, 4) is 28.3 Å². The molecular weight excluding hydrogens is 558 g/mol. The maximum atomic E-state index is 2.59. The van der Waals surface area contributed by atoms with E-state index >= 15 is 0 Å². The monoisotopic (exact) mass is 601 g/mol. The minimum atomic E-state index is -0.108. The molecule has 0 bridgehead atoms. The number of benzene rings is 4. The molecule has 0 N–H and O–H groups in total. The van der Waals surface area contributed by atoms with Crippen LogP contribution in [0.1, 0.15) is 87.1 Å². The van der Waals surface area contributed by atoms with Gasteiger partial charge in [0.1, 0.15) is 5.69 Å². The first-order chi connectivity index (χ1) is 22.4. The molecule has 0 radical (unpaired) electrons. The van der Waals surface area contributed by atoms with Crippen LogP contribution in [0.5, 0.6) is 0 Å². The van der Waals surface area contributed by atoms with Crippen molar-refractivity contribution in [1.82, 2.24) is 4.57 Å². The van der Waals surface area contributed by atoms with Crippen LogP contribution in [-0.2, 0) is 12.5 Å². The topological polar surface area (TPSA) is 12.7 Å². The van der Waals surface area contributed by atoms with Crippen molar-refractivity contribution in [3.05, 3.63) is 137 Å². The van der Waals surface area contributed by atoms with Crippen LogP contribution in [0.4, 0.5) is 0 Å². The van der Waals surface area contributed by atoms with E-state index in [1.165, 1.54) is 72.9 Å². The molecule has 0 aliphatic carbocycles. The second-order valence-electron chi connectivity index (χ2n) is 13.5. The van der Waals surface area contributed by atoms with E-state index in [9.17, 15) is 0 Å². The highest BCUT2D eigenvalue weighted by Crippen LogP contribution is 2.48. The molecule has 0 saturated carbocycles. The zero-order chi connectivity index (χ0) is 31.7. The van der Waals surface area contributed by atoms with Gasteiger partial charge in [-0.2, -0.15) is 9.13 Å². The lowest BCUT2D eigenvalue weighted by Gasteiger charge is -2.36. The molecule has 2 aromatic heterocycles. The number of hydrogen-bond donors (Lipinski definition) is 0. The lowest BCUT2D eigenvalue weighted by molar-refractivity contribution is -0.576. The number of aryl methyl sites for hydroxylation is 1. The molecule has 1 unspecified atom stereocenters. The van der Waals surface area contributed by atoms with E-state index in [0.29, 0.717) is 11.8 Å². The molecule has 0 amide bonds. The summed E-state index contributed by atoms with van der Waals surface area (Å²) in [4.78, 5) is 0. The Labute approximate surface area is 273 Å². The molecule has 0 spiro atoms. The lowest BCUT2D eigenvalue weighted by Crippen LogP contribution is -2.49. The summed E-state index contributed by atoms with van der Waals surface area (Å²) in [6.45, 7) is 11.7. The molecule has 2 aliphatic rings. The van der Waals surface area contributed by atoms with Gasteiger partial charge >= 0.3 is 0 Å². The zero-order valence-corrected chi connectivity index (χ0v) is 27.9. The minimum absolute atomic E-state index is 0.108. The molecule has 4 aromatic carbocycles. The van der Waals surface area contributed by atoms with Gasteiger partial charge in [-0.15, -0.1) is 0 Å². The average molecular weight is 602 g/mol. The number of allylic oxidation sites excluding steroid dienone is 1. The summed E-state index contributed by atoms with van der Waals surface area (Å²) in [7, 11) is 2.25. The maximum Gasteiger partial charge on any atom is 0.295 e. The first-order valence-corrected chi connectivity index (χ1v) is 17.0. The number of hydrogen-bond acceptors (Lipinski definition) is 0. The van der Waals surface area contributed by atoms with Crippen molar-refractivity contribution < 1.29 is 9.13 Å². The molecule has 228 valence electrons. The third-order valence-corrected chi connectivity index (χ3v) is 11.1. The van der Waals surface area contributed by atoms with Crippen molar-refractivity contribution in [1.29, 1.82) is 0 Å². The smallest absolute Gasteiger partial charge is 0.225 e. The standard InChI is InChI=1S/C43H43N3/c1-7-43(8-2)36-23-12-11-19-35(36)37-24-13-14-26-45(37)39(43)27-30-17-9-10-18-34(30)42-44(6)38-25-16-22-33-29(5)32-21-15-20-31(28(3)4)40(32)46(42)41(33)38/h9-29H,7-8H2,1-6H3/q+2. The second-order valence-corrected chi connectivity index (χ2v) is 13.5. The van der Waals surface area contributed by atoms with Crippen molar-refractivity contribution in [2.24, 2.45) is 7.05 Å². The molecule has 3 heteroatoms. The normalized spacial score (nSPS) is 16.8. The predicted octanol–water partition coefficient (Wildman–Crippen LogP) is 9.73. The lowest BCUT2D eigenvalue weighted by atomic mass is 9.68. The van der Waals surface area contributed by atoms with E-state index in [0.717, 1.165) is 12.8 Å². The fourth-order valence-corrected chi connectivity index (χ4v) is 8.66. The molecule has 3 nitrogen and oxygen atoms in total. The third kappa shape index (κ3) is 3.84. The number of rotatable bonds is 5. The average Bonchev–Trinajstić information content (AvgIpc) is 3.39. The van der Waals surface area contributed by atoms with Gasteiger partial charge in [-0.1, -0.05) is 101 Å². The summed E-state index contributed by atoms with van der Waals surface area (Å²) >= 11 is 0. The number of fused-ring (bicyclic) bond motifs is 5. The van der Waals surface area contributed by atoms with Crippen LogP contribution in [-0.4, -0.2) is 4.57 Å². The van der Waals surface area contributed by atoms with E-state index in [4.69, 9.17) is 0 Å². The van der Waals surface area contributed by atoms with Gasteiger partial charge in [0.25, 0.3) is 5.82 Å². The molecule has 8 rings (SSSR count). The van der Waals surface area contributed by atoms with Gasteiger partial charge in [0.15, 0.2) is 22.9 Å². The molecule has 6 aromatic rings. The van der Waals surface area contributed by atoms with Crippen LogP contribution in [0.25, 0.3) is 51.1 Å². The van der Waals surface area contributed by atoms with Gasteiger partial charge in [-0.3, -0.25) is 0 Å². The van der Waals surface area contributed by atoms with Gasteiger partial charge in [0, 0.05) is 40.8 Å². The van der Waals surface area contributed by atoms with Gasteiger partial charge in [0.05, 0.1) is 23.6 Å². The van der Waals surface area contributed by atoms with E-state index < -0.39 is 0 Å². The fraction of sp³-hybridized carbons (Fsp3) is 0.256. The van der Waals surface area contributed by atoms with Gasteiger partial charge in [0.2, 0.25) is 5.69 Å². The van der Waals surface area contributed by atoms with Crippen LogP contribution in [0, 0.1) is 0 Å². The Morgan fingerprint density at radius 1 is 0.783 bits per heavy atom. The Kier molecular flexibility index (Phi) is 6.65. The largest absolute Gasteiger partial charge is 0.295 e. The molecule has 0 fully saturated rings. The zero-order valence-electron chi connectivity index (χ0n) is 27.9. The van der Waals surface area contributed by atoms with Gasteiger partial charge < -0.3 is 0 Å². The van der Waals surface area contributed by atoms with Crippen LogP contribution < -0.4 is 9.13 Å². The van der Waals surface area contributed by atoms with Crippen LogP contribution in [0.3, 0.4) is 0 Å². The summed E-state index contributed by atoms with van der Waals surface area (Å²) in [5.74, 6) is 1.96. The first kappa shape index (κ1) is 28.7. The molecule has 46 heavy (non-hydrogen) atoms. The number of para-hydroxylation sites is 2. The predicted molar refractivity (Wildman–Crippen MR) is 190 cm³/mol. The van der Waals surface area contributed by atoms with Crippen molar-refractivity contribution in [2.75, 3.05) is 0 Å². The first-order valence-electron chi connectivity index (χ1n) is 17.0. The molecule has 0 saturated heterocycles. The minimum Gasteiger partial charge on any atom is -0.225 e. The summed E-state index contributed by atoms with van der Waals surface area (Å²) in [5, 5.41) is 0. The molecular formula is C43H43N3+2. The maximum absolute atomic E-state index is 2.59. The van der Waals surface area contributed by atoms with E-state index in [1.54, 1.807) is 0 Å². The van der Waals surface area contributed by atoms with E-state index in [1.807, 2.05) is 0 Å². The summed E-state index contributed by atoms with van der Waals surface area (Å²) in [6, 6.07) is 38.5. The van der Waals surface area contributed by atoms with Crippen LogP contribution in [0.15, 0.2) is 109 Å². The van der Waals surface area contributed by atoms with E-state index in [-0.39, 0.29) is 5.41 Å². The third-order valence-electron chi connectivity index (χ3n) is 11.1. The Morgan fingerprint density at radius 3 is 2.26 bits per heavy atom. The highest BCUT2D eigenvalue weighted by atomic mass is 15.2. The molecule has 2 aliphatic heterocycles. The quantitative estimate of drug-likeness (QED) is 0.175. The molecule has 4 heterocycles. The number of pyridine rings is 1. The van der Waals surface area contributed by atoms with Crippen LogP contribution in [0.2, 0.25) is 0 Å². The van der Waals surface area contributed by atoms with Crippen molar-refractivity contribution in [3.63, 3.8) is 0 Å². The van der Waals surface area contributed by atoms with Crippen LogP contribution >= 0.6 is 0 Å². The van der Waals surface area contributed by atoms with E-state index in [2.05, 4.69) is 171 Å². The number of imidazole rings is 1. The summed E-state index contributed by atoms with van der Waals surface area (Å²) < 4.78 is 7.48. The van der Waals surface area contributed by atoms with Gasteiger partial charge in [-0.25, -0.2) is 4.57 Å². The second kappa shape index (κ2) is 10.7. The van der Waals surface area contributed by atoms with Crippen molar-refractivity contribution >= 4 is 22.8 Å². The Morgan fingerprint density at radius 2 is 1.48 bits per heavy atom. The summed E-state index contributed by atoms with van der Waals surface area (Å²) in [5.41, 5.74) is 15.9. The summed E-state index contributed by atoms with van der Waals surface area (Å²) in [6.07, 6.45) is 6.80. The Bertz CT molecular complexity index is 2190. The number of nitrogens with zero attached hydrogens (tertiary/aromatic N) is 3. The SMILES string of the molecule is CCC1(CC)C(=Cc2ccccc2-c2n(C)c3cccc4c3[n+]2-c2c(C(C)C)cccc2C4C)[n+]2ccccc2-c2ccccc21. The molecule has 1 atom stereocenters. The Balaban J connectivity index is 1.46. The van der Waals surface area contributed by atoms with Gasteiger partial charge in [-0.05, 0) is 54.2 Å². The number of aromatic nitrogens is 3. The highest BCUT2D eigenvalue weighted by molar-refractivity contribution is 5.87. The Hall–Kier alpha value is -4.76. The van der Waals surface area contributed by atoms with Crippen molar-refractivity contribution in [2.45, 2.75) is 64.7 Å².